The van der Waals surface area contributed by atoms with Gasteiger partial charge >= 0.3 is 0 Å². The molecular formula is C11H16BrN3. The van der Waals surface area contributed by atoms with Crippen LogP contribution in [0.15, 0.2) is 17.0 Å². The van der Waals surface area contributed by atoms with Gasteiger partial charge in [0.1, 0.15) is 12.1 Å². The van der Waals surface area contributed by atoms with E-state index < -0.39 is 0 Å². The van der Waals surface area contributed by atoms with Gasteiger partial charge < -0.3 is 4.90 Å². The Balaban J connectivity index is 2.13. The van der Waals surface area contributed by atoms with E-state index >= 15 is 0 Å². The molecule has 1 atom stereocenters. The summed E-state index contributed by atoms with van der Waals surface area (Å²) >= 11 is 3.51. The summed E-state index contributed by atoms with van der Waals surface area (Å²) in [6.45, 7) is 4.55. The minimum absolute atomic E-state index is 0.843. The smallest absolute Gasteiger partial charge is 0.146 e. The highest BCUT2D eigenvalue weighted by molar-refractivity contribution is 9.10. The molecule has 1 aromatic rings. The maximum atomic E-state index is 4.34. The Morgan fingerprint density at radius 2 is 2.27 bits per heavy atom. The lowest BCUT2D eigenvalue weighted by Crippen LogP contribution is -2.25. The van der Waals surface area contributed by atoms with Gasteiger partial charge in [-0.2, -0.15) is 0 Å². The summed E-state index contributed by atoms with van der Waals surface area (Å²) in [5.74, 6) is 1.88. The van der Waals surface area contributed by atoms with Gasteiger partial charge in [-0.25, -0.2) is 9.97 Å². The topological polar surface area (TPSA) is 29.0 Å². The van der Waals surface area contributed by atoms with Crippen LogP contribution in [0.5, 0.6) is 0 Å². The van der Waals surface area contributed by atoms with Crippen molar-refractivity contribution in [3.8, 4) is 0 Å². The van der Waals surface area contributed by atoms with Gasteiger partial charge in [0.2, 0.25) is 0 Å². The Morgan fingerprint density at radius 3 is 3.07 bits per heavy atom. The molecule has 0 N–H and O–H groups in total. The molecular weight excluding hydrogens is 254 g/mol. The van der Waals surface area contributed by atoms with Gasteiger partial charge in [-0.1, -0.05) is 6.92 Å². The lowest BCUT2D eigenvalue weighted by molar-refractivity contribution is 0.521. The van der Waals surface area contributed by atoms with Crippen molar-refractivity contribution in [3.05, 3.63) is 17.0 Å². The largest absolute Gasteiger partial charge is 0.356 e. The molecule has 1 aromatic heterocycles. The zero-order valence-corrected chi connectivity index (χ0v) is 10.6. The third-order valence-corrected chi connectivity index (χ3v) is 3.52. The molecule has 0 aromatic carbocycles. The summed E-state index contributed by atoms with van der Waals surface area (Å²) in [6.07, 6.45) is 7.29. The van der Waals surface area contributed by atoms with Crippen molar-refractivity contribution in [1.82, 2.24) is 9.97 Å². The van der Waals surface area contributed by atoms with E-state index in [9.17, 15) is 0 Å². The molecule has 1 unspecified atom stereocenters. The van der Waals surface area contributed by atoms with Crippen LogP contribution in [0.1, 0.15) is 26.2 Å². The molecule has 4 heteroatoms. The van der Waals surface area contributed by atoms with Gasteiger partial charge in [0, 0.05) is 19.3 Å². The van der Waals surface area contributed by atoms with Crippen molar-refractivity contribution in [3.63, 3.8) is 0 Å². The molecule has 2 rings (SSSR count). The Morgan fingerprint density at radius 1 is 1.40 bits per heavy atom. The maximum absolute atomic E-state index is 4.34. The normalized spacial score (nSPS) is 22.5. The minimum atomic E-state index is 0.843. The monoisotopic (exact) mass is 269 g/mol. The Bertz CT molecular complexity index is 329. The highest BCUT2D eigenvalue weighted by Gasteiger charge is 2.16. The zero-order chi connectivity index (χ0) is 10.7. The highest BCUT2D eigenvalue weighted by Crippen LogP contribution is 2.26. The van der Waals surface area contributed by atoms with Crippen molar-refractivity contribution < 1.29 is 0 Å². The first kappa shape index (κ1) is 10.9. The van der Waals surface area contributed by atoms with E-state index in [2.05, 4.69) is 37.7 Å². The van der Waals surface area contributed by atoms with Crippen LogP contribution < -0.4 is 4.90 Å². The summed E-state index contributed by atoms with van der Waals surface area (Å²) in [7, 11) is 0. The summed E-state index contributed by atoms with van der Waals surface area (Å²) in [5.41, 5.74) is 0. The molecule has 2 heterocycles. The van der Waals surface area contributed by atoms with E-state index in [1.54, 1.807) is 6.33 Å². The fraction of sp³-hybridized carbons (Fsp3) is 0.636. The van der Waals surface area contributed by atoms with E-state index in [4.69, 9.17) is 0 Å². The van der Waals surface area contributed by atoms with Gasteiger partial charge in [0.05, 0.1) is 4.47 Å². The fourth-order valence-electron chi connectivity index (χ4n) is 2.01. The molecule has 0 bridgehead atoms. The van der Waals surface area contributed by atoms with Gasteiger partial charge in [0.25, 0.3) is 0 Å². The first-order valence-corrected chi connectivity index (χ1v) is 6.27. The van der Waals surface area contributed by atoms with Gasteiger partial charge in [-0.3, -0.25) is 0 Å². The van der Waals surface area contributed by atoms with Crippen LogP contribution in [0.25, 0.3) is 0 Å². The predicted octanol–water partition coefficient (Wildman–Crippen LogP) is 2.87. The number of anilines is 1. The molecule has 1 fully saturated rings. The van der Waals surface area contributed by atoms with Crippen molar-refractivity contribution in [2.75, 3.05) is 18.0 Å². The number of aromatic nitrogens is 2. The summed E-state index contributed by atoms with van der Waals surface area (Å²) in [4.78, 5) is 10.7. The second-order valence-corrected chi connectivity index (χ2v) is 5.07. The second-order valence-electron chi connectivity index (χ2n) is 4.22. The van der Waals surface area contributed by atoms with Gasteiger partial charge in [-0.15, -0.1) is 0 Å². The van der Waals surface area contributed by atoms with E-state index in [1.807, 2.05) is 6.20 Å². The fourth-order valence-corrected chi connectivity index (χ4v) is 2.49. The SMILES string of the molecule is CC1CCCN(c2ncncc2Br)CC1. The van der Waals surface area contributed by atoms with E-state index in [1.165, 1.54) is 19.3 Å². The number of hydrogen-bond donors (Lipinski definition) is 0. The van der Waals surface area contributed by atoms with Gasteiger partial charge in [-0.05, 0) is 41.1 Å². The van der Waals surface area contributed by atoms with Crippen LogP contribution in [-0.4, -0.2) is 23.1 Å². The Hall–Kier alpha value is -0.640. The molecule has 1 aliphatic rings. The van der Waals surface area contributed by atoms with Crippen LogP contribution in [0.2, 0.25) is 0 Å². The Labute approximate surface area is 99.0 Å². The first-order valence-electron chi connectivity index (χ1n) is 5.48. The summed E-state index contributed by atoms with van der Waals surface area (Å²) in [5, 5.41) is 0. The summed E-state index contributed by atoms with van der Waals surface area (Å²) in [6, 6.07) is 0. The average molecular weight is 270 g/mol. The molecule has 1 saturated heterocycles. The lowest BCUT2D eigenvalue weighted by Gasteiger charge is -2.22. The number of hydrogen-bond acceptors (Lipinski definition) is 3. The van der Waals surface area contributed by atoms with Crippen molar-refractivity contribution in [2.45, 2.75) is 26.2 Å². The van der Waals surface area contributed by atoms with Gasteiger partial charge in [0.15, 0.2) is 0 Å². The number of rotatable bonds is 1. The highest BCUT2D eigenvalue weighted by atomic mass is 79.9. The predicted molar refractivity (Wildman–Crippen MR) is 65.0 cm³/mol. The quantitative estimate of drug-likeness (QED) is 0.785. The molecule has 1 aliphatic heterocycles. The van der Waals surface area contributed by atoms with Crippen molar-refractivity contribution in [1.29, 1.82) is 0 Å². The Kier molecular flexibility index (Phi) is 3.57. The number of halogens is 1. The summed E-state index contributed by atoms with van der Waals surface area (Å²) < 4.78 is 1.000. The van der Waals surface area contributed by atoms with Crippen LogP contribution in [0.3, 0.4) is 0 Å². The molecule has 0 amide bonds. The van der Waals surface area contributed by atoms with Crippen LogP contribution in [-0.2, 0) is 0 Å². The molecule has 0 aliphatic carbocycles. The van der Waals surface area contributed by atoms with Crippen molar-refractivity contribution in [2.24, 2.45) is 5.92 Å². The molecule has 0 spiro atoms. The van der Waals surface area contributed by atoms with E-state index in [0.29, 0.717) is 0 Å². The third kappa shape index (κ3) is 2.68. The number of nitrogens with zero attached hydrogens (tertiary/aromatic N) is 3. The maximum Gasteiger partial charge on any atom is 0.146 e. The van der Waals surface area contributed by atoms with E-state index in [0.717, 1.165) is 29.3 Å². The third-order valence-electron chi connectivity index (χ3n) is 2.96. The minimum Gasteiger partial charge on any atom is -0.356 e. The van der Waals surface area contributed by atoms with E-state index in [-0.39, 0.29) is 0 Å². The van der Waals surface area contributed by atoms with Crippen LogP contribution in [0, 0.1) is 5.92 Å². The molecule has 3 nitrogen and oxygen atoms in total. The van der Waals surface area contributed by atoms with Crippen LogP contribution in [0.4, 0.5) is 5.82 Å². The molecule has 15 heavy (non-hydrogen) atoms. The molecule has 0 radical (unpaired) electrons. The molecule has 82 valence electrons. The zero-order valence-electron chi connectivity index (χ0n) is 8.99. The van der Waals surface area contributed by atoms with Crippen molar-refractivity contribution >= 4 is 21.7 Å². The molecule has 0 saturated carbocycles. The lowest BCUT2D eigenvalue weighted by atomic mass is 10.0. The first-order chi connectivity index (χ1) is 7.27. The van der Waals surface area contributed by atoms with Crippen LogP contribution >= 0.6 is 15.9 Å². The second kappa shape index (κ2) is 4.92. The standard InChI is InChI=1S/C11H16BrN3/c1-9-3-2-5-15(6-4-9)11-10(12)7-13-8-14-11/h7-9H,2-6H2,1H3. The average Bonchev–Trinajstić information content (AvgIpc) is 2.44.